The molecule has 0 bridgehead atoms. The second-order valence-electron chi connectivity index (χ2n) is 1.92. The molecule has 1 aliphatic rings. The molecule has 1 aliphatic heterocycles. The Labute approximate surface area is 51.4 Å². The molecule has 0 aliphatic carbocycles. The lowest BCUT2D eigenvalue weighted by Gasteiger charge is -2.31. The van der Waals surface area contributed by atoms with E-state index in [1.807, 2.05) is 0 Å². The Balaban J connectivity index is 2.59. The van der Waals surface area contributed by atoms with Crippen molar-refractivity contribution in [2.75, 3.05) is 0 Å². The van der Waals surface area contributed by atoms with Gasteiger partial charge in [-0.1, -0.05) is 0 Å². The maximum atomic E-state index is 12.2. The number of rotatable bonds is 0. The van der Waals surface area contributed by atoms with Gasteiger partial charge < -0.3 is 0 Å². The van der Waals surface area contributed by atoms with Crippen molar-refractivity contribution in [3.63, 3.8) is 0 Å². The Morgan fingerprint density at radius 3 is 2.56 bits per heavy atom. The lowest BCUT2D eigenvalue weighted by Crippen LogP contribution is -2.52. The normalized spacial score (nSPS) is 25.8. The average Bonchev–Trinajstić information content (AvgIpc) is 1.62. The van der Waals surface area contributed by atoms with Gasteiger partial charge in [-0.25, -0.2) is 4.39 Å². The molecule has 50 valence electrons. The van der Waals surface area contributed by atoms with Crippen molar-refractivity contribution >= 4 is 11.8 Å². The Morgan fingerprint density at radius 1 is 1.89 bits per heavy atom. The number of carbonyl (C=O) groups excluding carboxylic acids is 2. The summed E-state index contributed by atoms with van der Waals surface area (Å²) in [4.78, 5) is 21.3. The molecule has 0 radical (unpaired) electrons. The second-order valence-corrected chi connectivity index (χ2v) is 1.92. The van der Waals surface area contributed by atoms with Crippen LogP contribution in [0.2, 0.25) is 0 Å². The second kappa shape index (κ2) is 1.79. The van der Waals surface area contributed by atoms with Crippen molar-refractivity contribution in [3.8, 4) is 0 Å². The number of amides is 2. The van der Waals surface area contributed by atoms with Gasteiger partial charge in [-0.15, -0.1) is 0 Å². The first-order valence-electron chi connectivity index (χ1n) is 2.59. The fraction of sp³-hybridized carbons (Fsp3) is 0.600. The van der Waals surface area contributed by atoms with Crippen molar-refractivity contribution < 1.29 is 14.0 Å². The molecule has 1 saturated heterocycles. The summed E-state index contributed by atoms with van der Waals surface area (Å²) in [7, 11) is 0. The van der Waals surface area contributed by atoms with Crippen LogP contribution in [-0.4, -0.2) is 23.0 Å². The minimum absolute atomic E-state index is 0.139. The third-order valence-electron chi connectivity index (χ3n) is 1.23. The van der Waals surface area contributed by atoms with Gasteiger partial charge in [0.05, 0.1) is 6.42 Å². The van der Waals surface area contributed by atoms with Crippen LogP contribution in [0, 0.1) is 0 Å². The predicted octanol–water partition coefficient (Wildman–Crippen LogP) is 0.0608. The third kappa shape index (κ3) is 0.800. The first-order chi connectivity index (χ1) is 4.13. The van der Waals surface area contributed by atoms with Gasteiger partial charge in [-0.05, 0) is 0 Å². The number of hydrogen-bond donors (Lipinski definition) is 0. The SMILES string of the molecule is CC(=O)N1C(=O)CC1F. The maximum absolute atomic E-state index is 12.2. The van der Waals surface area contributed by atoms with E-state index < -0.39 is 18.1 Å². The summed E-state index contributed by atoms with van der Waals surface area (Å²) >= 11 is 0. The van der Waals surface area contributed by atoms with Crippen molar-refractivity contribution in [3.05, 3.63) is 0 Å². The molecule has 9 heavy (non-hydrogen) atoms. The molecule has 0 spiro atoms. The van der Waals surface area contributed by atoms with Gasteiger partial charge in [0.15, 0.2) is 6.30 Å². The van der Waals surface area contributed by atoms with Crippen molar-refractivity contribution in [2.24, 2.45) is 0 Å². The molecule has 0 aromatic carbocycles. The van der Waals surface area contributed by atoms with E-state index in [-0.39, 0.29) is 6.42 Å². The van der Waals surface area contributed by atoms with Gasteiger partial charge in [-0.2, -0.15) is 0 Å². The number of carbonyl (C=O) groups is 2. The highest BCUT2D eigenvalue weighted by Gasteiger charge is 2.38. The molecule has 0 N–H and O–H groups in total. The first kappa shape index (κ1) is 6.19. The van der Waals surface area contributed by atoms with Gasteiger partial charge in [-0.3, -0.25) is 14.5 Å². The van der Waals surface area contributed by atoms with Crippen LogP contribution in [0.4, 0.5) is 4.39 Å². The fourth-order valence-electron chi connectivity index (χ4n) is 0.750. The topological polar surface area (TPSA) is 37.4 Å². The van der Waals surface area contributed by atoms with E-state index in [0.717, 1.165) is 0 Å². The minimum atomic E-state index is -1.37. The van der Waals surface area contributed by atoms with Crippen LogP contribution in [0.15, 0.2) is 0 Å². The van der Waals surface area contributed by atoms with E-state index in [9.17, 15) is 14.0 Å². The van der Waals surface area contributed by atoms with Crippen LogP contribution in [0.1, 0.15) is 13.3 Å². The summed E-state index contributed by atoms with van der Waals surface area (Å²) in [5, 5.41) is 0. The van der Waals surface area contributed by atoms with Crippen LogP contribution in [-0.2, 0) is 9.59 Å². The molecule has 2 amide bonds. The number of β-lactam (4-membered cyclic amide) rings is 1. The number of alkyl halides is 1. The summed E-state index contributed by atoms with van der Waals surface area (Å²) in [5.41, 5.74) is 0. The standard InChI is InChI=1S/C5H6FNO2/c1-3(8)7-4(6)2-5(7)9/h4H,2H2,1H3. The van der Waals surface area contributed by atoms with Crippen molar-refractivity contribution in [2.45, 2.75) is 19.6 Å². The summed E-state index contributed by atoms with van der Waals surface area (Å²) in [6.45, 7) is 1.17. The zero-order chi connectivity index (χ0) is 7.02. The van der Waals surface area contributed by atoms with E-state index in [4.69, 9.17) is 0 Å². The highest BCUT2D eigenvalue weighted by Crippen LogP contribution is 2.19. The predicted molar refractivity (Wildman–Crippen MR) is 27.0 cm³/mol. The summed E-state index contributed by atoms with van der Waals surface area (Å²) < 4.78 is 12.2. The molecular weight excluding hydrogens is 125 g/mol. The van der Waals surface area contributed by atoms with Crippen LogP contribution in [0.25, 0.3) is 0 Å². The lowest BCUT2D eigenvalue weighted by molar-refractivity contribution is -0.164. The highest BCUT2D eigenvalue weighted by atomic mass is 19.1. The molecule has 1 heterocycles. The monoisotopic (exact) mass is 131 g/mol. The summed E-state index contributed by atoms with van der Waals surface area (Å²) in [6.07, 6.45) is -1.51. The van der Waals surface area contributed by atoms with E-state index >= 15 is 0 Å². The van der Waals surface area contributed by atoms with Crippen LogP contribution < -0.4 is 0 Å². The highest BCUT2D eigenvalue weighted by molar-refractivity contribution is 5.98. The quantitative estimate of drug-likeness (QED) is 0.344. The Morgan fingerprint density at radius 2 is 2.44 bits per heavy atom. The largest absolute Gasteiger partial charge is 0.275 e. The molecule has 1 atom stereocenters. The molecule has 1 unspecified atom stereocenters. The summed E-state index contributed by atoms with van der Waals surface area (Å²) in [6, 6.07) is 0. The van der Waals surface area contributed by atoms with E-state index in [0.29, 0.717) is 4.90 Å². The molecule has 1 rings (SSSR count). The Kier molecular flexibility index (Phi) is 1.23. The molecule has 1 fully saturated rings. The molecule has 3 nitrogen and oxygen atoms in total. The molecule has 0 aromatic heterocycles. The number of nitrogens with zero attached hydrogens (tertiary/aromatic N) is 1. The van der Waals surface area contributed by atoms with Gasteiger partial charge in [0, 0.05) is 6.92 Å². The smallest absolute Gasteiger partial charge is 0.236 e. The van der Waals surface area contributed by atoms with Crippen LogP contribution >= 0.6 is 0 Å². The van der Waals surface area contributed by atoms with Gasteiger partial charge in [0.1, 0.15) is 0 Å². The maximum Gasteiger partial charge on any atom is 0.236 e. The molecule has 0 aromatic rings. The Bertz CT molecular complexity index is 160. The minimum Gasteiger partial charge on any atom is -0.275 e. The number of likely N-dealkylation sites (tertiary alicyclic amines) is 1. The van der Waals surface area contributed by atoms with E-state index in [2.05, 4.69) is 0 Å². The van der Waals surface area contributed by atoms with Crippen molar-refractivity contribution in [1.82, 2.24) is 4.90 Å². The molecular formula is C5H6FNO2. The van der Waals surface area contributed by atoms with Gasteiger partial charge >= 0.3 is 0 Å². The third-order valence-corrected chi connectivity index (χ3v) is 1.23. The zero-order valence-electron chi connectivity index (χ0n) is 4.93. The van der Waals surface area contributed by atoms with Crippen LogP contribution in [0.3, 0.4) is 0 Å². The summed E-state index contributed by atoms with van der Waals surface area (Å²) in [5.74, 6) is -0.936. The Hall–Kier alpha value is -0.930. The van der Waals surface area contributed by atoms with Crippen molar-refractivity contribution in [1.29, 1.82) is 0 Å². The van der Waals surface area contributed by atoms with Gasteiger partial charge in [0.2, 0.25) is 11.8 Å². The van der Waals surface area contributed by atoms with E-state index in [1.54, 1.807) is 0 Å². The number of halogens is 1. The fourth-order valence-corrected chi connectivity index (χ4v) is 0.750. The van der Waals surface area contributed by atoms with Crippen LogP contribution in [0.5, 0.6) is 0 Å². The lowest BCUT2D eigenvalue weighted by atomic mass is 10.2. The average molecular weight is 131 g/mol. The van der Waals surface area contributed by atoms with Gasteiger partial charge in [0.25, 0.3) is 0 Å². The first-order valence-corrected chi connectivity index (χ1v) is 2.59. The molecule has 4 heteroatoms. The molecule has 0 saturated carbocycles. The number of imide groups is 1. The number of hydrogen-bond acceptors (Lipinski definition) is 2. The zero-order valence-corrected chi connectivity index (χ0v) is 4.93. The van der Waals surface area contributed by atoms with E-state index in [1.165, 1.54) is 6.92 Å².